The average molecular weight is 330 g/mol. The quantitative estimate of drug-likeness (QED) is 0.903. The molecule has 0 aromatic carbocycles. The third kappa shape index (κ3) is 2.88. The Morgan fingerprint density at radius 1 is 1.53 bits per heavy atom. The summed E-state index contributed by atoms with van der Waals surface area (Å²) in [4.78, 5) is 0. The van der Waals surface area contributed by atoms with Gasteiger partial charge in [0, 0.05) is 25.6 Å². The molecule has 1 aliphatic heterocycles. The Morgan fingerprint density at radius 3 is 2.79 bits per heavy atom. The fourth-order valence-electron chi connectivity index (χ4n) is 2.73. The van der Waals surface area contributed by atoms with E-state index in [2.05, 4.69) is 46.5 Å². The van der Waals surface area contributed by atoms with Crippen molar-refractivity contribution in [1.82, 2.24) is 9.78 Å². The number of hydrogen-bond donors (Lipinski definition) is 1. The summed E-state index contributed by atoms with van der Waals surface area (Å²) in [5.41, 5.74) is 8.53. The molecule has 2 heterocycles. The van der Waals surface area contributed by atoms with Gasteiger partial charge in [-0.25, -0.2) is 0 Å². The first-order valence-corrected chi connectivity index (χ1v) is 7.94. The van der Waals surface area contributed by atoms with Crippen molar-refractivity contribution in [2.45, 2.75) is 64.6 Å². The molecule has 4 nitrogen and oxygen atoms in total. The largest absolute Gasteiger partial charge is 0.374 e. The number of ether oxygens (including phenoxy) is 1. The van der Waals surface area contributed by atoms with E-state index in [4.69, 9.17) is 10.5 Å². The maximum Gasteiger partial charge on any atom is 0.0809 e. The van der Waals surface area contributed by atoms with Crippen LogP contribution in [0.15, 0.2) is 4.47 Å². The van der Waals surface area contributed by atoms with E-state index in [0.717, 1.165) is 49.0 Å². The van der Waals surface area contributed by atoms with Gasteiger partial charge in [-0.2, -0.15) is 5.10 Å². The lowest BCUT2D eigenvalue weighted by Crippen LogP contribution is -2.46. The normalized spacial score (nSPS) is 24.9. The van der Waals surface area contributed by atoms with E-state index in [1.807, 2.05) is 0 Å². The Hall–Kier alpha value is -0.390. The van der Waals surface area contributed by atoms with Crippen molar-refractivity contribution >= 4 is 15.9 Å². The van der Waals surface area contributed by atoms with Crippen LogP contribution in [0.25, 0.3) is 0 Å². The van der Waals surface area contributed by atoms with E-state index in [9.17, 15) is 0 Å². The first-order valence-electron chi connectivity index (χ1n) is 7.15. The zero-order chi connectivity index (χ0) is 14.0. The number of rotatable bonds is 5. The highest BCUT2D eigenvalue weighted by Crippen LogP contribution is 2.31. The summed E-state index contributed by atoms with van der Waals surface area (Å²) in [5.74, 6) is 0. The first kappa shape index (κ1) is 15.0. The lowest BCUT2D eigenvalue weighted by Gasteiger charge is -2.30. The Morgan fingerprint density at radius 2 is 2.26 bits per heavy atom. The minimum Gasteiger partial charge on any atom is -0.374 e. The standard InChI is InChI=1S/C14H24BrN3O/c1-4-10-13(15)11(18(5-2)17-10)9-12(16)14(3)7-6-8-19-14/h12H,4-9,16H2,1-3H3. The Bertz CT molecular complexity index is 438. The lowest BCUT2D eigenvalue weighted by atomic mass is 9.90. The molecule has 108 valence electrons. The first-order chi connectivity index (χ1) is 9.01. The topological polar surface area (TPSA) is 53.1 Å². The van der Waals surface area contributed by atoms with Gasteiger partial charge in [0.05, 0.1) is 21.5 Å². The zero-order valence-electron chi connectivity index (χ0n) is 12.1. The Balaban J connectivity index is 2.20. The summed E-state index contributed by atoms with van der Waals surface area (Å²) in [6.45, 7) is 8.07. The van der Waals surface area contributed by atoms with Crippen LogP contribution in [0.5, 0.6) is 0 Å². The van der Waals surface area contributed by atoms with Gasteiger partial charge in [0.1, 0.15) is 0 Å². The predicted molar refractivity (Wildman–Crippen MR) is 80.2 cm³/mol. The Labute approximate surface area is 123 Å². The van der Waals surface area contributed by atoms with Crippen molar-refractivity contribution in [3.05, 3.63) is 15.9 Å². The van der Waals surface area contributed by atoms with Crippen molar-refractivity contribution in [2.75, 3.05) is 6.61 Å². The molecule has 1 saturated heterocycles. The van der Waals surface area contributed by atoms with Crippen molar-refractivity contribution < 1.29 is 4.74 Å². The van der Waals surface area contributed by atoms with Crippen LogP contribution in [-0.4, -0.2) is 28.0 Å². The highest BCUT2D eigenvalue weighted by molar-refractivity contribution is 9.10. The van der Waals surface area contributed by atoms with E-state index in [-0.39, 0.29) is 11.6 Å². The summed E-state index contributed by atoms with van der Waals surface area (Å²) < 4.78 is 9.03. The smallest absolute Gasteiger partial charge is 0.0809 e. The fourth-order valence-corrected chi connectivity index (χ4v) is 3.46. The molecule has 0 bridgehead atoms. The molecule has 0 amide bonds. The number of nitrogens with two attached hydrogens (primary N) is 1. The second-order valence-corrected chi connectivity index (χ2v) is 6.24. The van der Waals surface area contributed by atoms with E-state index in [0.29, 0.717) is 0 Å². The molecule has 2 N–H and O–H groups in total. The van der Waals surface area contributed by atoms with E-state index >= 15 is 0 Å². The number of halogens is 1. The molecule has 2 unspecified atom stereocenters. The maximum atomic E-state index is 6.40. The minimum absolute atomic E-state index is 0.0120. The third-order valence-corrected chi connectivity index (χ3v) is 5.06. The van der Waals surface area contributed by atoms with Gasteiger partial charge in [0.25, 0.3) is 0 Å². The van der Waals surface area contributed by atoms with Gasteiger partial charge in [-0.3, -0.25) is 4.68 Å². The fraction of sp³-hybridized carbons (Fsp3) is 0.786. The third-order valence-electron chi connectivity index (χ3n) is 4.14. The summed E-state index contributed by atoms with van der Waals surface area (Å²) in [7, 11) is 0. The van der Waals surface area contributed by atoms with Gasteiger partial charge < -0.3 is 10.5 Å². The molecule has 2 atom stereocenters. The van der Waals surface area contributed by atoms with E-state index < -0.39 is 0 Å². The second kappa shape index (κ2) is 5.94. The molecule has 1 aromatic rings. The van der Waals surface area contributed by atoms with Gasteiger partial charge in [-0.1, -0.05) is 6.92 Å². The Kier molecular flexibility index (Phi) is 4.69. The SMILES string of the molecule is CCc1nn(CC)c(CC(N)C2(C)CCCO2)c1Br. The number of aryl methyl sites for hydroxylation is 2. The molecule has 5 heteroatoms. The van der Waals surface area contributed by atoms with E-state index in [1.54, 1.807) is 0 Å². The summed E-state index contributed by atoms with van der Waals surface area (Å²) in [6.07, 6.45) is 3.90. The monoisotopic (exact) mass is 329 g/mol. The molecule has 2 rings (SSSR count). The van der Waals surface area contributed by atoms with Crippen LogP contribution in [0.1, 0.15) is 45.0 Å². The molecule has 0 aliphatic carbocycles. The number of nitrogens with zero attached hydrogens (tertiary/aromatic N) is 2. The van der Waals surface area contributed by atoms with Gasteiger partial charge >= 0.3 is 0 Å². The van der Waals surface area contributed by atoms with Crippen LogP contribution in [0.4, 0.5) is 0 Å². The van der Waals surface area contributed by atoms with Crippen LogP contribution >= 0.6 is 15.9 Å². The van der Waals surface area contributed by atoms with Gasteiger partial charge in [-0.05, 0) is 49.0 Å². The molecule has 0 spiro atoms. The molecule has 1 fully saturated rings. The van der Waals surface area contributed by atoms with Gasteiger partial charge in [0.2, 0.25) is 0 Å². The van der Waals surface area contributed by atoms with Gasteiger partial charge in [0.15, 0.2) is 0 Å². The molecule has 1 aromatic heterocycles. The molecule has 1 aliphatic rings. The van der Waals surface area contributed by atoms with Crippen molar-refractivity contribution in [3.8, 4) is 0 Å². The highest BCUT2D eigenvalue weighted by Gasteiger charge is 2.37. The van der Waals surface area contributed by atoms with Crippen LogP contribution < -0.4 is 5.73 Å². The molecule has 0 radical (unpaired) electrons. The van der Waals surface area contributed by atoms with Crippen LogP contribution in [-0.2, 0) is 24.1 Å². The summed E-state index contributed by atoms with van der Waals surface area (Å²) >= 11 is 3.68. The summed E-state index contributed by atoms with van der Waals surface area (Å²) in [5, 5.41) is 4.62. The average Bonchev–Trinajstić information content (AvgIpc) is 2.96. The van der Waals surface area contributed by atoms with Crippen molar-refractivity contribution in [3.63, 3.8) is 0 Å². The van der Waals surface area contributed by atoms with Crippen molar-refractivity contribution in [1.29, 1.82) is 0 Å². The van der Waals surface area contributed by atoms with Crippen LogP contribution in [0.3, 0.4) is 0 Å². The summed E-state index contributed by atoms with van der Waals surface area (Å²) in [6, 6.07) is 0.0120. The van der Waals surface area contributed by atoms with E-state index in [1.165, 1.54) is 5.69 Å². The van der Waals surface area contributed by atoms with Crippen molar-refractivity contribution in [2.24, 2.45) is 5.73 Å². The predicted octanol–water partition coefficient (Wildman–Crippen LogP) is 2.67. The maximum absolute atomic E-state index is 6.40. The highest BCUT2D eigenvalue weighted by atomic mass is 79.9. The minimum atomic E-state index is -0.186. The van der Waals surface area contributed by atoms with Crippen LogP contribution in [0.2, 0.25) is 0 Å². The zero-order valence-corrected chi connectivity index (χ0v) is 13.7. The molecule has 19 heavy (non-hydrogen) atoms. The molecular weight excluding hydrogens is 306 g/mol. The number of aromatic nitrogens is 2. The lowest BCUT2D eigenvalue weighted by molar-refractivity contribution is -0.00138. The second-order valence-electron chi connectivity index (χ2n) is 5.45. The molecular formula is C14H24BrN3O. The molecule has 0 saturated carbocycles. The van der Waals surface area contributed by atoms with Gasteiger partial charge in [-0.15, -0.1) is 0 Å². The number of hydrogen-bond acceptors (Lipinski definition) is 3. The van der Waals surface area contributed by atoms with Crippen LogP contribution in [0, 0.1) is 0 Å².